The first kappa shape index (κ1) is 33.4. The van der Waals surface area contributed by atoms with Crippen LogP contribution in [0.1, 0.15) is 65.6 Å². The first-order valence-electron chi connectivity index (χ1n) is 16.3. The highest BCUT2D eigenvalue weighted by Gasteiger charge is 2.23. The van der Waals surface area contributed by atoms with Crippen LogP contribution < -0.4 is 26.0 Å². The van der Waals surface area contributed by atoms with E-state index < -0.39 is 6.04 Å². The average Bonchev–Trinajstić information content (AvgIpc) is 3.62. The molecule has 9 nitrogen and oxygen atoms in total. The molecule has 2 atom stereocenters. The second-order valence-corrected chi connectivity index (χ2v) is 11.5. The van der Waals surface area contributed by atoms with Crippen LogP contribution in [0.25, 0.3) is 10.8 Å². The lowest BCUT2D eigenvalue weighted by molar-refractivity contribution is -0.123. The molecule has 0 bridgehead atoms. The molecule has 9 heteroatoms. The van der Waals surface area contributed by atoms with Crippen molar-refractivity contribution >= 4 is 22.6 Å². The molecule has 5 aromatic rings. The number of rotatable bonds is 17. The van der Waals surface area contributed by atoms with Crippen molar-refractivity contribution in [1.82, 2.24) is 31.2 Å². The van der Waals surface area contributed by atoms with Crippen molar-refractivity contribution in [3.8, 4) is 5.75 Å². The van der Waals surface area contributed by atoms with Gasteiger partial charge in [0.2, 0.25) is 5.91 Å². The van der Waals surface area contributed by atoms with Gasteiger partial charge in [0.25, 0.3) is 5.91 Å². The molecule has 0 aliphatic heterocycles. The third-order valence-corrected chi connectivity index (χ3v) is 8.10. The van der Waals surface area contributed by atoms with Crippen molar-refractivity contribution < 1.29 is 14.3 Å². The maximum absolute atomic E-state index is 13.7. The number of H-pyrrole nitrogens is 1. The van der Waals surface area contributed by atoms with Gasteiger partial charge in [-0.05, 0) is 73.3 Å². The summed E-state index contributed by atoms with van der Waals surface area (Å²) >= 11 is 0. The topological polar surface area (TPSA) is 120 Å². The Bertz CT molecular complexity index is 1720. The molecule has 1 unspecified atom stereocenters. The maximum Gasteiger partial charge on any atom is 0.251 e. The lowest BCUT2D eigenvalue weighted by atomic mass is 9.99. The quantitative estimate of drug-likeness (QED) is 0.0828. The molecule has 0 aliphatic rings. The number of fused-ring (bicyclic) bond motifs is 1. The van der Waals surface area contributed by atoms with Crippen molar-refractivity contribution in [2.45, 2.75) is 58.4 Å². The number of ether oxygens (including phenoxy) is 1. The van der Waals surface area contributed by atoms with E-state index in [1.54, 1.807) is 24.5 Å². The molecule has 1 heterocycles. The van der Waals surface area contributed by atoms with E-state index in [0.29, 0.717) is 51.2 Å². The second kappa shape index (κ2) is 17.1. The Balaban J connectivity index is 1.21. The van der Waals surface area contributed by atoms with E-state index in [1.807, 2.05) is 74.5 Å². The Kier molecular flexibility index (Phi) is 12.1. The van der Waals surface area contributed by atoms with Gasteiger partial charge in [-0.25, -0.2) is 4.98 Å². The third kappa shape index (κ3) is 9.51. The first-order valence-corrected chi connectivity index (χ1v) is 16.3. The summed E-state index contributed by atoms with van der Waals surface area (Å²) in [6, 6.07) is 28.7. The smallest absolute Gasteiger partial charge is 0.251 e. The van der Waals surface area contributed by atoms with Gasteiger partial charge in [0.05, 0.1) is 19.2 Å². The summed E-state index contributed by atoms with van der Waals surface area (Å²) in [6.07, 6.45) is 4.69. The summed E-state index contributed by atoms with van der Waals surface area (Å²) in [5.41, 5.74) is 3.67. The van der Waals surface area contributed by atoms with Crippen LogP contribution in [0.3, 0.4) is 0 Å². The largest absolute Gasteiger partial charge is 0.494 e. The molecule has 2 amide bonds. The van der Waals surface area contributed by atoms with E-state index >= 15 is 0 Å². The molecule has 0 saturated carbocycles. The predicted octanol–water partition coefficient (Wildman–Crippen LogP) is 5.80. The van der Waals surface area contributed by atoms with Gasteiger partial charge in [-0.2, -0.15) is 0 Å². The zero-order chi connectivity index (χ0) is 32.8. The minimum Gasteiger partial charge on any atom is -0.494 e. The second-order valence-electron chi connectivity index (χ2n) is 11.5. The third-order valence-electron chi connectivity index (χ3n) is 8.10. The van der Waals surface area contributed by atoms with Gasteiger partial charge in [-0.15, -0.1) is 0 Å². The number of para-hydroxylation sites is 1. The summed E-state index contributed by atoms with van der Waals surface area (Å²) in [7, 11) is 0. The number of nitrogens with zero attached hydrogens (tertiary/aromatic N) is 1. The normalized spacial score (nSPS) is 12.4. The molecule has 244 valence electrons. The Morgan fingerprint density at radius 2 is 1.64 bits per heavy atom. The van der Waals surface area contributed by atoms with E-state index in [9.17, 15) is 9.59 Å². The number of carbonyl (C=O) groups is 2. The van der Waals surface area contributed by atoms with Crippen LogP contribution >= 0.6 is 0 Å². The number of imidazole rings is 1. The number of aromatic amines is 1. The average molecular weight is 633 g/mol. The Morgan fingerprint density at radius 1 is 0.851 bits per heavy atom. The summed E-state index contributed by atoms with van der Waals surface area (Å²) in [5, 5.41) is 15.2. The molecule has 0 spiro atoms. The van der Waals surface area contributed by atoms with Crippen molar-refractivity contribution in [2.75, 3.05) is 13.2 Å². The van der Waals surface area contributed by atoms with Gasteiger partial charge < -0.3 is 31.0 Å². The number of hydrogen-bond acceptors (Lipinski definition) is 6. The van der Waals surface area contributed by atoms with Gasteiger partial charge in [0, 0.05) is 36.6 Å². The monoisotopic (exact) mass is 632 g/mol. The minimum atomic E-state index is -0.702. The zero-order valence-corrected chi connectivity index (χ0v) is 27.1. The Hall–Kier alpha value is -4.99. The fraction of sp³-hybridized carbons (Fsp3) is 0.289. The number of hydrogen-bond donors (Lipinski definition) is 5. The number of carbonyl (C=O) groups excluding carboxylic acids is 2. The highest BCUT2D eigenvalue weighted by molar-refractivity contribution is 5.97. The molecular weight excluding hydrogens is 588 g/mol. The predicted molar refractivity (Wildman–Crippen MR) is 186 cm³/mol. The fourth-order valence-corrected chi connectivity index (χ4v) is 5.62. The highest BCUT2D eigenvalue weighted by atomic mass is 16.5. The van der Waals surface area contributed by atoms with Gasteiger partial charge in [-0.3, -0.25) is 9.59 Å². The van der Waals surface area contributed by atoms with E-state index in [0.717, 1.165) is 39.0 Å². The van der Waals surface area contributed by atoms with Crippen LogP contribution in [-0.2, 0) is 24.4 Å². The van der Waals surface area contributed by atoms with Gasteiger partial charge in [0.1, 0.15) is 17.6 Å². The van der Waals surface area contributed by atoms with E-state index in [2.05, 4.69) is 49.4 Å². The fourth-order valence-electron chi connectivity index (χ4n) is 5.62. The van der Waals surface area contributed by atoms with Crippen molar-refractivity contribution in [3.63, 3.8) is 0 Å². The minimum absolute atomic E-state index is 0.209. The molecule has 1 aromatic heterocycles. The van der Waals surface area contributed by atoms with Gasteiger partial charge in [-0.1, -0.05) is 72.8 Å². The maximum atomic E-state index is 13.7. The van der Waals surface area contributed by atoms with Crippen LogP contribution in [-0.4, -0.2) is 41.0 Å². The number of amides is 2. The molecule has 5 rings (SSSR count). The molecule has 47 heavy (non-hydrogen) atoms. The van der Waals surface area contributed by atoms with Crippen molar-refractivity contribution in [2.24, 2.45) is 0 Å². The summed E-state index contributed by atoms with van der Waals surface area (Å²) < 4.78 is 5.74. The lowest BCUT2D eigenvalue weighted by Crippen LogP contribution is -2.47. The van der Waals surface area contributed by atoms with Crippen LogP contribution in [0.5, 0.6) is 5.75 Å². The number of nitrogens with one attached hydrogen (secondary N) is 5. The molecule has 0 radical (unpaired) electrons. The molecule has 0 saturated heterocycles. The van der Waals surface area contributed by atoms with E-state index in [-0.39, 0.29) is 17.9 Å². The van der Waals surface area contributed by atoms with Crippen LogP contribution in [0.15, 0.2) is 103 Å². The highest BCUT2D eigenvalue weighted by Crippen LogP contribution is 2.24. The summed E-state index contributed by atoms with van der Waals surface area (Å²) in [4.78, 5) is 34.4. The molecule has 0 fully saturated rings. The molecule has 0 aliphatic carbocycles. The standard InChI is InChI=1S/C38H44N6O3/c1-3-47-35-16-7-5-11-31(35)25-39-21-9-15-34(38(46)43-27(2)32-14-8-12-29-10-4-6-13-33(29)32)44-37(45)30-19-17-28(18-20-30)24-40-26-36-41-22-23-42-36/h4-8,10-14,16-20,22-23,27,34,39-40H,3,9,15,21,24-26H2,1-2H3,(H,41,42)(H,43,46)(H,44,45)/t27?,34-/m0/s1. The molecule has 4 aromatic carbocycles. The Morgan fingerprint density at radius 3 is 2.45 bits per heavy atom. The van der Waals surface area contributed by atoms with E-state index in [4.69, 9.17) is 4.74 Å². The van der Waals surface area contributed by atoms with Crippen molar-refractivity contribution in [1.29, 1.82) is 0 Å². The molecular formula is C38H44N6O3. The SMILES string of the molecule is CCOc1ccccc1CNCCC[C@H](NC(=O)c1ccc(CNCc2ncc[nH]2)cc1)C(=O)NC(C)c1cccc2ccccc12. The van der Waals surface area contributed by atoms with Gasteiger partial charge in [0.15, 0.2) is 0 Å². The summed E-state index contributed by atoms with van der Waals surface area (Å²) in [5.74, 6) is 1.25. The summed E-state index contributed by atoms with van der Waals surface area (Å²) in [6.45, 7) is 7.16. The number of aromatic nitrogens is 2. The van der Waals surface area contributed by atoms with E-state index in [1.165, 1.54) is 0 Å². The first-order chi connectivity index (χ1) is 23.0. The van der Waals surface area contributed by atoms with Crippen LogP contribution in [0, 0.1) is 0 Å². The van der Waals surface area contributed by atoms with Crippen molar-refractivity contribution in [3.05, 3.63) is 131 Å². The zero-order valence-electron chi connectivity index (χ0n) is 27.1. The van der Waals surface area contributed by atoms with Crippen LogP contribution in [0.2, 0.25) is 0 Å². The van der Waals surface area contributed by atoms with Gasteiger partial charge >= 0.3 is 0 Å². The Labute approximate surface area is 276 Å². The van der Waals surface area contributed by atoms with Crippen LogP contribution in [0.4, 0.5) is 0 Å². The molecule has 5 N–H and O–H groups in total. The number of benzene rings is 4. The lowest BCUT2D eigenvalue weighted by Gasteiger charge is -2.23.